The Bertz CT molecular complexity index is 523. The molecule has 0 saturated heterocycles. The van der Waals surface area contributed by atoms with Crippen LogP contribution in [0.3, 0.4) is 0 Å². The number of hydrogen-bond donors (Lipinski definition) is 0. The first-order valence-corrected chi connectivity index (χ1v) is 5.41. The van der Waals surface area contributed by atoms with Crippen molar-refractivity contribution in [2.24, 2.45) is 0 Å². The molecule has 2 rings (SSSR count). The standard InChI is InChI=1S/C14H15NO2/c1-10-6-4-5-7-11(10)12-8-9-13(16-2)15-14(12)17-3/h4-9H,1-3H3. The first kappa shape index (κ1) is 11.5. The number of aryl methyl sites for hydroxylation is 1. The van der Waals surface area contributed by atoms with Gasteiger partial charge in [0.15, 0.2) is 0 Å². The van der Waals surface area contributed by atoms with Crippen LogP contribution >= 0.6 is 0 Å². The summed E-state index contributed by atoms with van der Waals surface area (Å²) in [5.41, 5.74) is 3.30. The molecule has 0 saturated carbocycles. The summed E-state index contributed by atoms with van der Waals surface area (Å²) in [6.45, 7) is 2.07. The summed E-state index contributed by atoms with van der Waals surface area (Å²) in [6.07, 6.45) is 0. The van der Waals surface area contributed by atoms with Crippen molar-refractivity contribution >= 4 is 0 Å². The zero-order valence-corrected chi connectivity index (χ0v) is 10.2. The second-order valence-electron chi connectivity index (χ2n) is 3.73. The second kappa shape index (κ2) is 4.87. The molecular formula is C14H15NO2. The number of methoxy groups -OCH3 is 2. The van der Waals surface area contributed by atoms with Crippen LogP contribution in [0.4, 0.5) is 0 Å². The molecule has 0 atom stereocenters. The van der Waals surface area contributed by atoms with Crippen LogP contribution < -0.4 is 9.47 Å². The van der Waals surface area contributed by atoms with E-state index in [2.05, 4.69) is 24.0 Å². The minimum atomic E-state index is 0.555. The lowest BCUT2D eigenvalue weighted by molar-refractivity contribution is 0.366. The molecule has 0 aliphatic rings. The van der Waals surface area contributed by atoms with Gasteiger partial charge in [-0.05, 0) is 24.1 Å². The molecule has 3 nitrogen and oxygen atoms in total. The van der Waals surface area contributed by atoms with E-state index in [4.69, 9.17) is 9.47 Å². The first-order chi connectivity index (χ1) is 8.26. The van der Waals surface area contributed by atoms with E-state index in [0.717, 1.165) is 11.1 Å². The highest BCUT2D eigenvalue weighted by molar-refractivity contribution is 5.71. The second-order valence-corrected chi connectivity index (χ2v) is 3.73. The Morgan fingerprint density at radius 3 is 2.29 bits per heavy atom. The van der Waals surface area contributed by atoms with Crippen molar-refractivity contribution in [2.45, 2.75) is 6.92 Å². The Morgan fingerprint density at radius 1 is 0.882 bits per heavy atom. The van der Waals surface area contributed by atoms with E-state index in [9.17, 15) is 0 Å². The van der Waals surface area contributed by atoms with Gasteiger partial charge in [-0.15, -0.1) is 0 Å². The summed E-state index contributed by atoms with van der Waals surface area (Å²) in [5.74, 6) is 1.14. The summed E-state index contributed by atoms with van der Waals surface area (Å²) in [4.78, 5) is 4.28. The minimum absolute atomic E-state index is 0.555. The molecule has 0 aliphatic heterocycles. The van der Waals surface area contributed by atoms with Crippen molar-refractivity contribution in [1.29, 1.82) is 0 Å². The number of ether oxygens (including phenoxy) is 2. The van der Waals surface area contributed by atoms with Crippen molar-refractivity contribution in [3.8, 4) is 22.9 Å². The van der Waals surface area contributed by atoms with Crippen LogP contribution in [0.15, 0.2) is 36.4 Å². The maximum Gasteiger partial charge on any atom is 0.224 e. The number of aromatic nitrogens is 1. The predicted octanol–water partition coefficient (Wildman–Crippen LogP) is 3.07. The zero-order chi connectivity index (χ0) is 12.3. The van der Waals surface area contributed by atoms with Gasteiger partial charge in [-0.1, -0.05) is 24.3 Å². The van der Waals surface area contributed by atoms with Crippen LogP contribution in [0, 0.1) is 6.92 Å². The summed E-state index contributed by atoms with van der Waals surface area (Å²) >= 11 is 0. The molecule has 1 aromatic heterocycles. The van der Waals surface area contributed by atoms with Crippen molar-refractivity contribution in [3.05, 3.63) is 42.0 Å². The Balaban J connectivity index is 2.56. The fourth-order valence-electron chi connectivity index (χ4n) is 1.77. The highest BCUT2D eigenvalue weighted by Crippen LogP contribution is 2.31. The Labute approximate surface area is 101 Å². The number of hydrogen-bond acceptors (Lipinski definition) is 3. The van der Waals surface area contributed by atoms with Crippen LogP contribution in [0.25, 0.3) is 11.1 Å². The third kappa shape index (κ3) is 2.23. The van der Waals surface area contributed by atoms with Crippen molar-refractivity contribution in [2.75, 3.05) is 14.2 Å². The molecule has 0 bridgehead atoms. The summed E-state index contributed by atoms with van der Waals surface area (Å²) < 4.78 is 10.4. The van der Waals surface area contributed by atoms with Crippen LogP contribution in [0.2, 0.25) is 0 Å². The molecule has 1 aromatic carbocycles. The average Bonchev–Trinajstić information content (AvgIpc) is 2.38. The van der Waals surface area contributed by atoms with Gasteiger partial charge in [0.25, 0.3) is 0 Å². The third-order valence-electron chi connectivity index (χ3n) is 2.67. The van der Waals surface area contributed by atoms with Crippen LogP contribution in [0.5, 0.6) is 11.8 Å². The molecule has 88 valence electrons. The van der Waals surface area contributed by atoms with Gasteiger partial charge in [-0.25, -0.2) is 0 Å². The Morgan fingerprint density at radius 2 is 1.65 bits per heavy atom. The molecule has 0 fully saturated rings. The van der Waals surface area contributed by atoms with Gasteiger partial charge in [0.2, 0.25) is 11.8 Å². The smallest absolute Gasteiger partial charge is 0.224 e. The number of rotatable bonds is 3. The lowest BCUT2D eigenvalue weighted by atomic mass is 10.0. The lowest BCUT2D eigenvalue weighted by Gasteiger charge is -2.11. The fourth-order valence-corrected chi connectivity index (χ4v) is 1.77. The maximum absolute atomic E-state index is 5.31. The van der Waals surface area contributed by atoms with Gasteiger partial charge in [0, 0.05) is 11.6 Å². The summed E-state index contributed by atoms with van der Waals surface area (Å²) in [7, 11) is 3.21. The largest absolute Gasteiger partial charge is 0.481 e. The van der Waals surface area contributed by atoms with Crippen molar-refractivity contribution in [1.82, 2.24) is 4.98 Å². The third-order valence-corrected chi connectivity index (χ3v) is 2.67. The van der Waals surface area contributed by atoms with Crippen molar-refractivity contribution < 1.29 is 9.47 Å². The quantitative estimate of drug-likeness (QED) is 0.810. The van der Waals surface area contributed by atoms with E-state index in [1.165, 1.54) is 5.56 Å². The monoisotopic (exact) mass is 229 g/mol. The number of benzene rings is 1. The molecule has 1 heterocycles. The van der Waals surface area contributed by atoms with Gasteiger partial charge in [-0.2, -0.15) is 4.98 Å². The zero-order valence-electron chi connectivity index (χ0n) is 10.2. The first-order valence-electron chi connectivity index (χ1n) is 5.41. The molecule has 0 aliphatic carbocycles. The van der Waals surface area contributed by atoms with Crippen LogP contribution in [0.1, 0.15) is 5.56 Å². The van der Waals surface area contributed by atoms with Crippen LogP contribution in [-0.4, -0.2) is 19.2 Å². The fraction of sp³-hybridized carbons (Fsp3) is 0.214. The van der Waals surface area contributed by atoms with E-state index < -0.39 is 0 Å². The van der Waals surface area contributed by atoms with Gasteiger partial charge in [0.1, 0.15) is 0 Å². The SMILES string of the molecule is COc1ccc(-c2ccccc2C)c(OC)n1. The normalized spacial score (nSPS) is 10.1. The summed E-state index contributed by atoms with van der Waals surface area (Å²) in [5, 5.41) is 0. The highest BCUT2D eigenvalue weighted by Gasteiger charge is 2.10. The van der Waals surface area contributed by atoms with E-state index in [0.29, 0.717) is 11.8 Å². The highest BCUT2D eigenvalue weighted by atomic mass is 16.5. The number of pyridine rings is 1. The molecule has 0 spiro atoms. The van der Waals surface area contributed by atoms with Gasteiger partial charge < -0.3 is 9.47 Å². The van der Waals surface area contributed by atoms with E-state index in [1.807, 2.05) is 24.3 Å². The molecule has 0 amide bonds. The lowest BCUT2D eigenvalue weighted by Crippen LogP contribution is -1.95. The molecule has 0 N–H and O–H groups in total. The van der Waals surface area contributed by atoms with Gasteiger partial charge in [0.05, 0.1) is 14.2 Å². The molecular weight excluding hydrogens is 214 g/mol. The van der Waals surface area contributed by atoms with Crippen LogP contribution in [-0.2, 0) is 0 Å². The van der Waals surface area contributed by atoms with Gasteiger partial charge >= 0.3 is 0 Å². The van der Waals surface area contributed by atoms with Crippen molar-refractivity contribution in [3.63, 3.8) is 0 Å². The molecule has 3 heteroatoms. The molecule has 2 aromatic rings. The van der Waals surface area contributed by atoms with E-state index in [1.54, 1.807) is 14.2 Å². The summed E-state index contributed by atoms with van der Waals surface area (Å²) in [6, 6.07) is 12.0. The van der Waals surface area contributed by atoms with E-state index in [-0.39, 0.29) is 0 Å². The average molecular weight is 229 g/mol. The topological polar surface area (TPSA) is 31.4 Å². The predicted molar refractivity (Wildman–Crippen MR) is 67.5 cm³/mol. The minimum Gasteiger partial charge on any atom is -0.481 e. The molecule has 0 radical (unpaired) electrons. The molecule has 17 heavy (non-hydrogen) atoms. The van der Waals surface area contributed by atoms with Gasteiger partial charge in [-0.3, -0.25) is 0 Å². The Kier molecular flexibility index (Phi) is 3.28. The van der Waals surface area contributed by atoms with E-state index >= 15 is 0 Å². The Hall–Kier alpha value is -2.03. The number of nitrogens with zero attached hydrogens (tertiary/aromatic N) is 1. The maximum atomic E-state index is 5.31. The molecule has 0 unspecified atom stereocenters.